The van der Waals surface area contributed by atoms with E-state index in [4.69, 9.17) is 0 Å². The van der Waals surface area contributed by atoms with Crippen LogP contribution < -0.4 is 0 Å². The van der Waals surface area contributed by atoms with E-state index in [1.807, 2.05) is 0 Å². The van der Waals surface area contributed by atoms with Crippen LogP contribution in [-0.2, 0) is 0 Å². The second-order valence-electron chi connectivity index (χ2n) is 4.27. The highest BCUT2D eigenvalue weighted by Crippen LogP contribution is 2.32. The fourth-order valence-corrected chi connectivity index (χ4v) is 2.16. The van der Waals surface area contributed by atoms with Gasteiger partial charge >= 0.3 is 0 Å². The molecule has 0 heterocycles. The molecule has 0 heteroatoms. The Hall–Kier alpha value is -1.82. The van der Waals surface area contributed by atoms with Crippen LogP contribution in [0.4, 0.5) is 0 Å². The van der Waals surface area contributed by atoms with E-state index < -0.39 is 0 Å². The van der Waals surface area contributed by atoms with Crippen LogP contribution in [0.3, 0.4) is 0 Å². The molecule has 0 amide bonds. The lowest BCUT2D eigenvalue weighted by Crippen LogP contribution is -2.03. The van der Waals surface area contributed by atoms with E-state index in [1.165, 1.54) is 16.7 Å². The van der Waals surface area contributed by atoms with Gasteiger partial charge in [-0.15, -0.1) is 0 Å². The van der Waals surface area contributed by atoms with Gasteiger partial charge in [-0.05, 0) is 17.5 Å². The topological polar surface area (TPSA) is 0 Å². The van der Waals surface area contributed by atoms with E-state index in [0.717, 1.165) is 6.42 Å². The Morgan fingerprint density at radius 3 is 1.65 bits per heavy atom. The standard InChI is InChI=1S/C17H18/c1-3-14(2)17(15-10-6-4-7-11-15)16-12-8-5-9-13-16/h4-13,17H,2-3H2,1H3. The van der Waals surface area contributed by atoms with Crippen molar-refractivity contribution in [2.24, 2.45) is 0 Å². The Morgan fingerprint density at radius 1 is 0.882 bits per heavy atom. The van der Waals surface area contributed by atoms with Crippen molar-refractivity contribution in [2.75, 3.05) is 0 Å². The predicted octanol–water partition coefficient (Wildman–Crippen LogP) is 4.78. The van der Waals surface area contributed by atoms with Crippen molar-refractivity contribution in [1.29, 1.82) is 0 Å². The third kappa shape index (κ3) is 2.65. The first-order valence-electron chi connectivity index (χ1n) is 6.10. The van der Waals surface area contributed by atoms with Gasteiger partial charge in [0.15, 0.2) is 0 Å². The van der Waals surface area contributed by atoms with Gasteiger partial charge in [0.05, 0.1) is 0 Å². The summed E-state index contributed by atoms with van der Waals surface area (Å²) in [7, 11) is 0. The molecule has 2 aromatic carbocycles. The Labute approximate surface area is 104 Å². The minimum Gasteiger partial charge on any atom is -0.0989 e. The number of benzene rings is 2. The van der Waals surface area contributed by atoms with E-state index in [2.05, 4.69) is 74.2 Å². The lowest BCUT2D eigenvalue weighted by Gasteiger charge is -2.19. The lowest BCUT2D eigenvalue weighted by atomic mass is 9.84. The summed E-state index contributed by atoms with van der Waals surface area (Å²) in [6.45, 7) is 6.39. The molecule has 0 bridgehead atoms. The normalized spacial score (nSPS) is 10.5. The Bertz CT molecular complexity index is 428. The average molecular weight is 222 g/mol. The van der Waals surface area contributed by atoms with Gasteiger partial charge in [-0.2, -0.15) is 0 Å². The summed E-state index contributed by atoms with van der Waals surface area (Å²) in [5, 5.41) is 0. The van der Waals surface area contributed by atoms with Crippen molar-refractivity contribution in [3.63, 3.8) is 0 Å². The minimum absolute atomic E-state index is 0.322. The highest BCUT2D eigenvalue weighted by Gasteiger charge is 2.15. The van der Waals surface area contributed by atoms with Gasteiger partial charge < -0.3 is 0 Å². The first-order chi connectivity index (χ1) is 8.33. The Morgan fingerprint density at radius 2 is 1.29 bits per heavy atom. The molecule has 0 aliphatic heterocycles. The molecule has 0 saturated carbocycles. The van der Waals surface area contributed by atoms with Crippen LogP contribution in [0.25, 0.3) is 0 Å². The van der Waals surface area contributed by atoms with Crippen LogP contribution in [0.5, 0.6) is 0 Å². The molecule has 0 atom stereocenters. The quantitative estimate of drug-likeness (QED) is 0.653. The Kier molecular flexibility index (Phi) is 3.77. The van der Waals surface area contributed by atoms with Crippen molar-refractivity contribution in [3.05, 3.63) is 83.9 Å². The molecule has 0 unspecified atom stereocenters. The van der Waals surface area contributed by atoms with Crippen LogP contribution in [-0.4, -0.2) is 0 Å². The van der Waals surface area contributed by atoms with Crippen LogP contribution in [0.1, 0.15) is 30.4 Å². The van der Waals surface area contributed by atoms with Gasteiger partial charge in [-0.25, -0.2) is 0 Å². The summed E-state index contributed by atoms with van der Waals surface area (Å²) in [5.41, 5.74) is 3.92. The molecular weight excluding hydrogens is 204 g/mol. The molecular formula is C17H18. The summed E-state index contributed by atoms with van der Waals surface area (Å²) in [4.78, 5) is 0. The molecule has 0 nitrogen and oxygen atoms in total. The molecule has 0 fully saturated rings. The van der Waals surface area contributed by atoms with Gasteiger partial charge in [0.2, 0.25) is 0 Å². The first-order valence-corrected chi connectivity index (χ1v) is 6.10. The fourth-order valence-electron chi connectivity index (χ4n) is 2.16. The van der Waals surface area contributed by atoms with E-state index in [0.29, 0.717) is 5.92 Å². The number of hydrogen-bond acceptors (Lipinski definition) is 0. The smallest absolute Gasteiger partial charge is 0.0296 e. The second kappa shape index (κ2) is 5.49. The summed E-state index contributed by atoms with van der Waals surface area (Å²) in [5.74, 6) is 0.322. The van der Waals surface area contributed by atoms with Gasteiger partial charge in [0, 0.05) is 5.92 Å². The predicted molar refractivity (Wildman–Crippen MR) is 74.2 cm³/mol. The second-order valence-corrected chi connectivity index (χ2v) is 4.27. The number of hydrogen-bond donors (Lipinski definition) is 0. The molecule has 2 rings (SSSR count). The van der Waals surface area contributed by atoms with Crippen LogP contribution in [0, 0.1) is 0 Å². The van der Waals surface area contributed by atoms with Gasteiger partial charge in [0.25, 0.3) is 0 Å². The van der Waals surface area contributed by atoms with Crippen molar-refractivity contribution in [3.8, 4) is 0 Å². The molecule has 0 N–H and O–H groups in total. The zero-order valence-electron chi connectivity index (χ0n) is 10.3. The Balaban J connectivity index is 2.43. The summed E-state index contributed by atoms with van der Waals surface area (Å²) < 4.78 is 0. The maximum atomic E-state index is 4.23. The maximum absolute atomic E-state index is 4.23. The monoisotopic (exact) mass is 222 g/mol. The molecule has 0 aliphatic rings. The average Bonchev–Trinajstić information content (AvgIpc) is 2.41. The summed E-state index contributed by atoms with van der Waals surface area (Å²) in [6, 6.07) is 21.2. The first kappa shape index (κ1) is 11.7. The van der Waals surface area contributed by atoms with Crippen molar-refractivity contribution < 1.29 is 0 Å². The molecule has 17 heavy (non-hydrogen) atoms. The third-order valence-corrected chi connectivity index (χ3v) is 3.13. The minimum atomic E-state index is 0.322. The van der Waals surface area contributed by atoms with E-state index in [-0.39, 0.29) is 0 Å². The summed E-state index contributed by atoms with van der Waals surface area (Å²) >= 11 is 0. The van der Waals surface area contributed by atoms with Crippen LogP contribution >= 0.6 is 0 Å². The summed E-state index contributed by atoms with van der Waals surface area (Å²) in [6.07, 6.45) is 1.01. The zero-order chi connectivity index (χ0) is 12.1. The number of rotatable bonds is 4. The van der Waals surface area contributed by atoms with E-state index in [1.54, 1.807) is 0 Å². The van der Waals surface area contributed by atoms with Crippen molar-refractivity contribution >= 4 is 0 Å². The van der Waals surface area contributed by atoms with E-state index in [9.17, 15) is 0 Å². The molecule has 0 spiro atoms. The highest BCUT2D eigenvalue weighted by atomic mass is 14.2. The SMILES string of the molecule is C=C(CC)C(c1ccccc1)c1ccccc1. The van der Waals surface area contributed by atoms with Crippen molar-refractivity contribution in [2.45, 2.75) is 19.3 Å². The van der Waals surface area contributed by atoms with E-state index >= 15 is 0 Å². The van der Waals surface area contributed by atoms with Crippen LogP contribution in [0.15, 0.2) is 72.8 Å². The lowest BCUT2D eigenvalue weighted by molar-refractivity contribution is 0.886. The third-order valence-electron chi connectivity index (χ3n) is 3.13. The van der Waals surface area contributed by atoms with Crippen molar-refractivity contribution in [1.82, 2.24) is 0 Å². The highest BCUT2D eigenvalue weighted by molar-refractivity contribution is 5.39. The maximum Gasteiger partial charge on any atom is 0.0296 e. The number of allylic oxidation sites excluding steroid dienone is 1. The zero-order valence-corrected chi connectivity index (χ0v) is 10.3. The van der Waals surface area contributed by atoms with Gasteiger partial charge in [-0.1, -0.05) is 79.7 Å². The largest absolute Gasteiger partial charge is 0.0989 e. The van der Waals surface area contributed by atoms with Crippen LogP contribution in [0.2, 0.25) is 0 Å². The molecule has 2 aromatic rings. The molecule has 0 radical (unpaired) electrons. The molecule has 86 valence electrons. The molecule has 0 aromatic heterocycles. The molecule has 0 aliphatic carbocycles. The fraction of sp³-hybridized carbons (Fsp3) is 0.176. The molecule has 0 saturated heterocycles. The van der Waals surface area contributed by atoms with Gasteiger partial charge in [0.1, 0.15) is 0 Å². The van der Waals surface area contributed by atoms with Gasteiger partial charge in [-0.3, -0.25) is 0 Å².